The molecule has 0 radical (unpaired) electrons. The Hall–Kier alpha value is -1.87. The fraction of sp³-hybridized carbons (Fsp3) is 0.375. The molecular formula is C8H5F6NO3. The van der Waals surface area contributed by atoms with E-state index in [2.05, 4.69) is 9.47 Å². The molecule has 102 valence electrons. The van der Waals surface area contributed by atoms with Crippen LogP contribution in [-0.4, -0.2) is 18.5 Å². The number of rotatable bonds is 2. The van der Waals surface area contributed by atoms with Crippen LogP contribution in [0, 0.1) is 0 Å². The molecule has 1 aromatic heterocycles. The Morgan fingerprint density at radius 1 is 1.17 bits per heavy atom. The van der Waals surface area contributed by atoms with E-state index in [0.717, 1.165) is 7.11 Å². The first-order valence-electron chi connectivity index (χ1n) is 4.19. The Bertz CT molecular complexity index is 489. The van der Waals surface area contributed by atoms with E-state index >= 15 is 0 Å². The van der Waals surface area contributed by atoms with Gasteiger partial charge in [-0.05, 0) is 0 Å². The minimum Gasteiger partial charge on any atom is -0.480 e. The zero-order valence-corrected chi connectivity index (χ0v) is 8.57. The standard InChI is InChI=1S/C8H5F6NO3/c1-17-6-4(18-8(12,13)14)2-3(5(16)15-6)7(9,10)11/h2H,1H3,(H,15,16). The second-order valence-electron chi connectivity index (χ2n) is 2.96. The van der Waals surface area contributed by atoms with Gasteiger partial charge in [-0.25, -0.2) is 0 Å². The first-order chi connectivity index (χ1) is 8.04. The fourth-order valence-corrected chi connectivity index (χ4v) is 1.06. The number of aromatic nitrogens is 1. The van der Waals surface area contributed by atoms with Gasteiger partial charge >= 0.3 is 12.5 Å². The summed E-state index contributed by atoms with van der Waals surface area (Å²) in [4.78, 5) is 12.5. The number of halogens is 6. The van der Waals surface area contributed by atoms with Crippen molar-refractivity contribution in [2.24, 2.45) is 0 Å². The first kappa shape index (κ1) is 14.2. The fourth-order valence-electron chi connectivity index (χ4n) is 1.06. The summed E-state index contributed by atoms with van der Waals surface area (Å²) in [6.07, 6.45) is -10.3. The molecule has 0 saturated carbocycles. The lowest BCUT2D eigenvalue weighted by molar-refractivity contribution is -0.275. The van der Waals surface area contributed by atoms with Gasteiger partial charge in [0.15, 0.2) is 5.75 Å². The van der Waals surface area contributed by atoms with Gasteiger partial charge in [0.05, 0.1) is 7.11 Å². The second-order valence-corrected chi connectivity index (χ2v) is 2.96. The van der Waals surface area contributed by atoms with Crippen LogP contribution in [0.3, 0.4) is 0 Å². The number of aromatic amines is 1. The topological polar surface area (TPSA) is 51.3 Å². The third-order valence-corrected chi connectivity index (χ3v) is 1.71. The van der Waals surface area contributed by atoms with Crippen LogP contribution < -0.4 is 15.0 Å². The SMILES string of the molecule is COc1[nH]c(=O)c(C(F)(F)F)cc1OC(F)(F)F. The number of H-pyrrole nitrogens is 1. The number of pyridine rings is 1. The van der Waals surface area contributed by atoms with Gasteiger partial charge in [0.2, 0.25) is 5.88 Å². The maximum Gasteiger partial charge on any atom is 0.573 e. The van der Waals surface area contributed by atoms with Crippen LogP contribution in [-0.2, 0) is 6.18 Å². The Morgan fingerprint density at radius 3 is 2.11 bits per heavy atom. The molecule has 18 heavy (non-hydrogen) atoms. The zero-order chi connectivity index (χ0) is 14.1. The molecule has 0 aliphatic rings. The van der Waals surface area contributed by atoms with Gasteiger partial charge in [0, 0.05) is 6.07 Å². The second kappa shape index (κ2) is 4.42. The molecule has 1 rings (SSSR count). The molecule has 10 heteroatoms. The summed E-state index contributed by atoms with van der Waals surface area (Å²) in [5, 5.41) is 0. The lowest BCUT2D eigenvalue weighted by Crippen LogP contribution is -2.24. The third-order valence-electron chi connectivity index (χ3n) is 1.71. The van der Waals surface area contributed by atoms with Gasteiger partial charge in [-0.3, -0.25) is 9.78 Å². The molecule has 0 atom stereocenters. The van der Waals surface area contributed by atoms with Crippen molar-refractivity contribution in [3.63, 3.8) is 0 Å². The van der Waals surface area contributed by atoms with Crippen molar-refractivity contribution >= 4 is 0 Å². The number of methoxy groups -OCH3 is 1. The summed E-state index contributed by atoms with van der Waals surface area (Å²) in [6.45, 7) is 0. The number of alkyl halides is 6. The van der Waals surface area contributed by atoms with Crippen LogP contribution in [0.1, 0.15) is 5.56 Å². The largest absolute Gasteiger partial charge is 0.573 e. The highest BCUT2D eigenvalue weighted by atomic mass is 19.4. The van der Waals surface area contributed by atoms with E-state index in [1.165, 1.54) is 4.98 Å². The molecule has 0 amide bonds. The molecule has 0 aromatic carbocycles. The molecule has 0 spiro atoms. The van der Waals surface area contributed by atoms with Gasteiger partial charge < -0.3 is 9.47 Å². The predicted octanol–water partition coefficient (Wildman–Crippen LogP) is 2.30. The van der Waals surface area contributed by atoms with Crippen LogP contribution in [0.25, 0.3) is 0 Å². The third kappa shape index (κ3) is 3.31. The molecule has 4 nitrogen and oxygen atoms in total. The van der Waals surface area contributed by atoms with Crippen molar-refractivity contribution in [2.45, 2.75) is 12.5 Å². The van der Waals surface area contributed by atoms with Crippen molar-refractivity contribution < 1.29 is 35.8 Å². The van der Waals surface area contributed by atoms with Gasteiger partial charge in [0.25, 0.3) is 5.56 Å². The quantitative estimate of drug-likeness (QED) is 0.844. The molecule has 0 aliphatic heterocycles. The van der Waals surface area contributed by atoms with Gasteiger partial charge in [-0.15, -0.1) is 13.2 Å². The molecule has 1 heterocycles. The molecule has 0 bridgehead atoms. The first-order valence-corrected chi connectivity index (χ1v) is 4.19. The van der Waals surface area contributed by atoms with Crippen molar-refractivity contribution in [3.8, 4) is 11.6 Å². The minimum atomic E-state index is -5.21. The lowest BCUT2D eigenvalue weighted by Gasteiger charge is -2.14. The van der Waals surface area contributed by atoms with Crippen molar-refractivity contribution in [1.29, 1.82) is 0 Å². The highest BCUT2D eigenvalue weighted by molar-refractivity contribution is 5.37. The summed E-state index contributed by atoms with van der Waals surface area (Å²) in [5.74, 6) is -2.14. The summed E-state index contributed by atoms with van der Waals surface area (Å²) < 4.78 is 80.3. The smallest absolute Gasteiger partial charge is 0.480 e. The maximum atomic E-state index is 12.3. The monoisotopic (exact) mass is 277 g/mol. The number of hydrogen-bond acceptors (Lipinski definition) is 3. The molecule has 0 aliphatic carbocycles. The normalized spacial score (nSPS) is 12.4. The van der Waals surface area contributed by atoms with Crippen LogP contribution in [0.4, 0.5) is 26.3 Å². The Balaban J connectivity index is 3.36. The highest BCUT2D eigenvalue weighted by Gasteiger charge is 2.38. The number of hydrogen-bond donors (Lipinski definition) is 1. The average Bonchev–Trinajstić information content (AvgIpc) is 2.16. The Morgan fingerprint density at radius 2 is 1.72 bits per heavy atom. The van der Waals surface area contributed by atoms with E-state index in [1.54, 1.807) is 0 Å². The molecule has 0 saturated heterocycles. The van der Waals surface area contributed by atoms with Crippen LogP contribution >= 0.6 is 0 Å². The summed E-state index contributed by atoms with van der Waals surface area (Å²) in [6, 6.07) is -0.0782. The van der Waals surface area contributed by atoms with E-state index in [0.29, 0.717) is 0 Å². The molecule has 1 N–H and O–H groups in total. The van der Waals surface area contributed by atoms with Crippen molar-refractivity contribution in [2.75, 3.05) is 7.11 Å². The summed E-state index contributed by atoms with van der Waals surface area (Å²) in [5.41, 5.74) is -3.45. The molecule has 0 unspecified atom stereocenters. The predicted molar refractivity (Wildman–Crippen MR) is 45.3 cm³/mol. The molecule has 0 fully saturated rings. The van der Waals surface area contributed by atoms with E-state index in [4.69, 9.17) is 0 Å². The lowest BCUT2D eigenvalue weighted by atomic mass is 10.2. The van der Waals surface area contributed by atoms with E-state index < -0.39 is 35.3 Å². The van der Waals surface area contributed by atoms with Crippen LogP contribution in [0.5, 0.6) is 11.6 Å². The summed E-state index contributed by atoms with van der Waals surface area (Å²) >= 11 is 0. The number of nitrogens with one attached hydrogen (secondary N) is 1. The van der Waals surface area contributed by atoms with Gasteiger partial charge in [0.1, 0.15) is 5.56 Å². The molecular weight excluding hydrogens is 272 g/mol. The van der Waals surface area contributed by atoms with Crippen LogP contribution in [0.15, 0.2) is 10.9 Å². The van der Waals surface area contributed by atoms with Crippen LogP contribution in [0.2, 0.25) is 0 Å². The van der Waals surface area contributed by atoms with E-state index in [1.807, 2.05) is 0 Å². The van der Waals surface area contributed by atoms with E-state index in [9.17, 15) is 31.1 Å². The van der Waals surface area contributed by atoms with E-state index in [-0.39, 0.29) is 6.07 Å². The highest BCUT2D eigenvalue weighted by Crippen LogP contribution is 2.34. The molecule has 1 aromatic rings. The van der Waals surface area contributed by atoms with Crippen molar-refractivity contribution in [1.82, 2.24) is 4.98 Å². The Kier molecular flexibility index (Phi) is 3.49. The Labute approximate surface area is 95.1 Å². The van der Waals surface area contributed by atoms with Crippen molar-refractivity contribution in [3.05, 3.63) is 22.0 Å². The zero-order valence-electron chi connectivity index (χ0n) is 8.57. The minimum absolute atomic E-state index is 0.0782. The summed E-state index contributed by atoms with van der Waals surface area (Å²) in [7, 11) is 0.863. The maximum absolute atomic E-state index is 12.3. The number of ether oxygens (including phenoxy) is 2. The van der Waals surface area contributed by atoms with Gasteiger partial charge in [-0.2, -0.15) is 13.2 Å². The van der Waals surface area contributed by atoms with Gasteiger partial charge in [-0.1, -0.05) is 0 Å². The average molecular weight is 277 g/mol.